The molecule has 0 saturated carbocycles. The number of nitrogens with two attached hydrogens (primary N) is 1. The summed E-state index contributed by atoms with van der Waals surface area (Å²) in [6, 6.07) is 2.40. The van der Waals surface area contributed by atoms with Crippen molar-refractivity contribution >= 4 is 23.1 Å². The van der Waals surface area contributed by atoms with E-state index in [-0.39, 0.29) is 23.1 Å². The number of nitrogen functional groups attached to an aromatic ring is 1. The second-order valence-electron chi connectivity index (χ2n) is 7.70. The van der Waals surface area contributed by atoms with Crippen LogP contribution in [-0.4, -0.2) is 72.1 Å². The van der Waals surface area contributed by atoms with Crippen LogP contribution in [0.4, 0.5) is 24.8 Å². The minimum Gasteiger partial charge on any atom is -0.384 e. The molecule has 10 nitrogen and oxygen atoms in total. The number of methoxy groups -OCH3 is 1. The summed E-state index contributed by atoms with van der Waals surface area (Å²) in [7, 11) is 1.52. The zero-order chi connectivity index (χ0) is 24.5. The molecule has 3 aromatic rings. The smallest absolute Gasteiger partial charge is 0.384 e. The van der Waals surface area contributed by atoms with Gasteiger partial charge in [0, 0.05) is 32.9 Å². The monoisotopic (exact) mass is 479 g/mol. The number of fused-ring (bicyclic) bond motifs is 1. The minimum absolute atomic E-state index is 0.182. The van der Waals surface area contributed by atoms with Crippen LogP contribution in [0.25, 0.3) is 16.9 Å². The second-order valence-corrected chi connectivity index (χ2v) is 7.70. The number of halogens is 3. The largest absolute Gasteiger partial charge is 0.417 e. The molecule has 0 aromatic carbocycles. The topological polar surface area (TPSA) is 120 Å². The summed E-state index contributed by atoms with van der Waals surface area (Å²) < 4.78 is 53.2. The van der Waals surface area contributed by atoms with Gasteiger partial charge >= 0.3 is 6.18 Å². The van der Waals surface area contributed by atoms with Crippen molar-refractivity contribution in [3.8, 4) is 11.4 Å². The third-order valence-electron chi connectivity index (χ3n) is 5.47. The summed E-state index contributed by atoms with van der Waals surface area (Å²) in [6.45, 7) is 4.16. The van der Waals surface area contributed by atoms with Gasteiger partial charge < -0.3 is 25.4 Å². The summed E-state index contributed by atoms with van der Waals surface area (Å²) >= 11 is 0. The van der Waals surface area contributed by atoms with Crippen molar-refractivity contribution in [3.05, 3.63) is 35.2 Å². The van der Waals surface area contributed by atoms with E-state index in [0.29, 0.717) is 62.0 Å². The van der Waals surface area contributed by atoms with Crippen LogP contribution >= 0.6 is 0 Å². The third-order valence-corrected chi connectivity index (χ3v) is 5.47. The highest BCUT2D eigenvalue weighted by atomic mass is 19.4. The number of hydrogen-bond acceptors (Lipinski definition) is 8. The molecule has 0 atom stereocenters. The van der Waals surface area contributed by atoms with Gasteiger partial charge in [-0.1, -0.05) is 0 Å². The summed E-state index contributed by atoms with van der Waals surface area (Å²) in [4.78, 5) is 23.0. The van der Waals surface area contributed by atoms with Crippen LogP contribution in [0, 0.1) is 6.92 Å². The van der Waals surface area contributed by atoms with Gasteiger partial charge in [-0.05, 0) is 19.1 Å². The first-order valence-electron chi connectivity index (χ1n) is 10.5. The fraction of sp³-hybridized carbons (Fsp3) is 0.429. The first-order valence-corrected chi connectivity index (χ1v) is 10.5. The summed E-state index contributed by atoms with van der Waals surface area (Å²) in [6.07, 6.45) is -3.68. The Bertz CT molecular complexity index is 1210. The number of rotatable bonds is 6. The lowest BCUT2D eigenvalue weighted by Crippen LogP contribution is -2.37. The Morgan fingerprint density at radius 1 is 1.29 bits per heavy atom. The molecular weight excluding hydrogens is 455 g/mol. The predicted octanol–water partition coefficient (Wildman–Crippen LogP) is 1.91. The molecule has 0 bridgehead atoms. The van der Waals surface area contributed by atoms with Crippen LogP contribution < -0.4 is 16.0 Å². The molecule has 1 fully saturated rings. The van der Waals surface area contributed by atoms with Crippen molar-refractivity contribution in [1.82, 2.24) is 24.9 Å². The molecule has 182 valence electrons. The highest BCUT2D eigenvalue weighted by Crippen LogP contribution is 2.37. The molecule has 34 heavy (non-hydrogen) atoms. The summed E-state index contributed by atoms with van der Waals surface area (Å²) in [5.41, 5.74) is 5.51. The van der Waals surface area contributed by atoms with E-state index >= 15 is 0 Å². The van der Waals surface area contributed by atoms with Crippen LogP contribution in [-0.2, 0) is 15.7 Å². The van der Waals surface area contributed by atoms with Crippen molar-refractivity contribution in [3.63, 3.8) is 0 Å². The number of amides is 1. The lowest BCUT2D eigenvalue weighted by atomic mass is 10.1. The van der Waals surface area contributed by atoms with E-state index < -0.39 is 11.7 Å². The number of alkyl halides is 3. The number of carbonyl (C=O) groups is 1. The average molecular weight is 479 g/mol. The standard InChI is InChI=1S/C21H24F3N7O3/c1-12-13(20(32)26-3-6-33-2)9-16-19(30-4-7-34-8-5-30)28-18(29-31(12)16)14-11-27-17(25)10-15(14)21(22,23)24/h9-11H,3-8H2,1-2H3,(H2,25,27)(H,26,32). The van der Waals surface area contributed by atoms with E-state index in [0.717, 1.165) is 12.3 Å². The Morgan fingerprint density at radius 2 is 2.03 bits per heavy atom. The lowest BCUT2D eigenvalue weighted by Gasteiger charge is -2.28. The van der Waals surface area contributed by atoms with E-state index in [2.05, 4.69) is 20.4 Å². The molecule has 1 amide bonds. The number of carbonyl (C=O) groups excluding carboxylic acids is 1. The number of morpholine rings is 1. The van der Waals surface area contributed by atoms with Crippen LogP contribution in [0.1, 0.15) is 21.6 Å². The highest BCUT2D eigenvalue weighted by Gasteiger charge is 2.36. The number of hydrogen-bond donors (Lipinski definition) is 2. The zero-order valence-corrected chi connectivity index (χ0v) is 18.6. The number of nitrogens with zero attached hydrogens (tertiary/aromatic N) is 5. The maximum atomic E-state index is 13.8. The van der Waals surface area contributed by atoms with Gasteiger partial charge in [0.05, 0.1) is 42.2 Å². The Balaban J connectivity index is 1.90. The molecule has 0 spiro atoms. The number of nitrogens with one attached hydrogen (secondary N) is 1. The van der Waals surface area contributed by atoms with E-state index in [1.165, 1.54) is 11.6 Å². The van der Waals surface area contributed by atoms with Crippen molar-refractivity contribution in [2.24, 2.45) is 0 Å². The van der Waals surface area contributed by atoms with E-state index in [4.69, 9.17) is 15.2 Å². The third kappa shape index (κ3) is 4.61. The van der Waals surface area contributed by atoms with Crippen molar-refractivity contribution in [2.45, 2.75) is 13.1 Å². The number of ether oxygens (including phenoxy) is 2. The van der Waals surface area contributed by atoms with Gasteiger partial charge in [-0.2, -0.15) is 13.2 Å². The number of anilines is 2. The van der Waals surface area contributed by atoms with Crippen molar-refractivity contribution in [2.75, 3.05) is 57.2 Å². The molecule has 0 unspecified atom stereocenters. The van der Waals surface area contributed by atoms with Gasteiger partial charge in [-0.15, -0.1) is 5.10 Å². The Hall–Kier alpha value is -3.45. The second kappa shape index (κ2) is 9.43. The molecule has 0 radical (unpaired) electrons. The molecule has 4 heterocycles. The molecule has 1 aliphatic heterocycles. The number of aromatic nitrogens is 4. The average Bonchev–Trinajstić information content (AvgIpc) is 3.15. The lowest BCUT2D eigenvalue weighted by molar-refractivity contribution is -0.137. The van der Waals surface area contributed by atoms with Gasteiger partial charge in [0.2, 0.25) is 0 Å². The molecule has 3 N–H and O–H groups in total. The molecule has 3 aromatic heterocycles. The summed E-state index contributed by atoms with van der Waals surface area (Å²) in [5.74, 6) is -0.395. The van der Waals surface area contributed by atoms with Gasteiger partial charge in [0.15, 0.2) is 11.6 Å². The van der Waals surface area contributed by atoms with Crippen LogP contribution in [0.15, 0.2) is 18.3 Å². The molecule has 13 heteroatoms. The Morgan fingerprint density at radius 3 is 2.71 bits per heavy atom. The van der Waals surface area contributed by atoms with Gasteiger partial charge in [0.25, 0.3) is 5.91 Å². The maximum Gasteiger partial charge on any atom is 0.417 e. The van der Waals surface area contributed by atoms with E-state index in [1.807, 2.05) is 4.90 Å². The normalized spacial score (nSPS) is 14.6. The van der Waals surface area contributed by atoms with Crippen LogP contribution in [0.3, 0.4) is 0 Å². The minimum atomic E-state index is -4.69. The Labute approximate surface area is 192 Å². The highest BCUT2D eigenvalue weighted by molar-refractivity contribution is 5.98. The fourth-order valence-corrected chi connectivity index (χ4v) is 3.76. The molecule has 4 rings (SSSR count). The number of pyridine rings is 1. The zero-order valence-electron chi connectivity index (χ0n) is 18.6. The first-order chi connectivity index (χ1) is 16.2. The SMILES string of the molecule is COCCNC(=O)c1cc2c(N3CCOCC3)nc(-c3cnc(N)cc3C(F)(F)F)nn2c1C. The molecule has 0 aliphatic carbocycles. The summed E-state index contributed by atoms with van der Waals surface area (Å²) in [5, 5.41) is 7.12. The first kappa shape index (κ1) is 23.7. The maximum absolute atomic E-state index is 13.8. The molecular formula is C21H24F3N7O3. The van der Waals surface area contributed by atoms with Crippen LogP contribution in [0.5, 0.6) is 0 Å². The quantitative estimate of drug-likeness (QED) is 0.515. The molecule has 1 aliphatic rings. The number of aryl methyl sites for hydroxylation is 1. The van der Waals surface area contributed by atoms with Crippen LogP contribution in [0.2, 0.25) is 0 Å². The Kier molecular flexibility index (Phi) is 6.57. The van der Waals surface area contributed by atoms with Crippen molar-refractivity contribution < 1.29 is 27.4 Å². The van der Waals surface area contributed by atoms with E-state index in [9.17, 15) is 18.0 Å². The predicted molar refractivity (Wildman–Crippen MR) is 118 cm³/mol. The van der Waals surface area contributed by atoms with E-state index in [1.54, 1.807) is 13.0 Å². The molecule has 1 saturated heterocycles. The van der Waals surface area contributed by atoms with Gasteiger partial charge in [-0.3, -0.25) is 4.79 Å². The van der Waals surface area contributed by atoms with Crippen molar-refractivity contribution in [1.29, 1.82) is 0 Å². The fourth-order valence-electron chi connectivity index (χ4n) is 3.76. The van der Waals surface area contributed by atoms with Gasteiger partial charge in [0.1, 0.15) is 11.3 Å². The van der Waals surface area contributed by atoms with Gasteiger partial charge in [-0.25, -0.2) is 14.5 Å².